The zero-order chi connectivity index (χ0) is 13.8. The van der Waals surface area contributed by atoms with E-state index < -0.39 is 0 Å². The lowest BCUT2D eigenvalue weighted by molar-refractivity contribution is 0.174. The predicted octanol–water partition coefficient (Wildman–Crippen LogP) is 1.76. The van der Waals surface area contributed by atoms with E-state index in [0.717, 1.165) is 13.0 Å². The van der Waals surface area contributed by atoms with Gasteiger partial charge in [0.2, 0.25) is 0 Å². The minimum atomic E-state index is -0.132. The molecule has 2 amide bonds. The largest absolute Gasteiger partial charge is 0.326 e. The number of hydrogen-bond donors (Lipinski definition) is 2. The Morgan fingerprint density at radius 3 is 2.74 bits per heavy atom. The van der Waals surface area contributed by atoms with Crippen molar-refractivity contribution in [2.45, 2.75) is 19.4 Å². The minimum absolute atomic E-state index is 0.0421. The van der Waals surface area contributed by atoms with E-state index in [1.807, 2.05) is 6.07 Å². The van der Waals surface area contributed by atoms with Crippen LogP contribution < -0.4 is 11.1 Å². The predicted molar refractivity (Wildman–Crippen MR) is 73.5 cm³/mol. The molecule has 1 aliphatic rings. The van der Waals surface area contributed by atoms with Gasteiger partial charge in [-0.3, -0.25) is 0 Å². The molecule has 2 rings (SSSR count). The summed E-state index contributed by atoms with van der Waals surface area (Å²) in [7, 11) is 0. The van der Waals surface area contributed by atoms with Crippen molar-refractivity contribution in [1.82, 2.24) is 4.90 Å². The Morgan fingerprint density at radius 1 is 1.47 bits per heavy atom. The van der Waals surface area contributed by atoms with Gasteiger partial charge in [0.1, 0.15) is 0 Å². The normalized spacial score (nSPS) is 22.7. The first kappa shape index (κ1) is 13.4. The second-order valence-corrected chi connectivity index (χ2v) is 5.00. The first-order valence-electron chi connectivity index (χ1n) is 6.42. The van der Waals surface area contributed by atoms with Crippen molar-refractivity contribution in [3.05, 3.63) is 29.8 Å². The lowest BCUT2D eigenvalue weighted by Gasteiger charge is -2.34. The van der Waals surface area contributed by atoms with Crippen molar-refractivity contribution >= 4 is 11.7 Å². The van der Waals surface area contributed by atoms with E-state index in [4.69, 9.17) is 11.0 Å². The summed E-state index contributed by atoms with van der Waals surface area (Å²) in [6.07, 6.45) is 0.932. The Bertz CT molecular complexity index is 491. The van der Waals surface area contributed by atoms with Gasteiger partial charge in [0, 0.05) is 24.8 Å². The van der Waals surface area contributed by atoms with Crippen LogP contribution in [0.1, 0.15) is 18.9 Å². The SMILES string of the molecule is CC1CCN(C(=O)Nc2ccc(C#N)cc2)CC1N. The van der Waals surface area contributed by atoms with Gasteiger partial charge in [0.15, 0.2) is 0 Å². The number of piperidine rings is 1. The molecule has 0 bridgehead atoms. The van der Waals surface area contributed by atoms with Crippen LogP contribution in [0.5, 0.6) is 0 Å². The summed E-state index contributed by atoms with van der Waals surface area (Å²) in [5.74, 6) is 0.457. The van der Waals surface area contributed by atoms with Crippen molar-refractivity contribution in [3.63, 3.8) is 0 Å². The fourth-order valence-corrected chi connectivity index (χ4v) is 2.11. The first-order valence-corrected chi connectivity index (χ1v) is 6.42. The van der Waals surface area contributed by atoms with Crippen LogP contribution in [0.3, 0.4) is 0 Å². The number of rotatable bonds is 1. The highest BCUT2D eigenvalue weighted by Gasteiger charge is 2.26. The van der Waals surface area contributed by atoms with Gasteiger partial charge in [0.05, 0.1) is 11.6 Å². The third kappa shape index (κ3) is 3.24. The number of nitrogens with two attached hydrogens (primary N) is 1. The molecule has 3 N–H and O–H groups in total. The molecule has 0 saturated carbocycles. The maximum atomic E-state index is 12.1. The molecule has 1 aliphatic heterocycles. The van der Waals surface area contributed by atoms with Crippen molar-refractivity contribution in [3.8, 4) is 6.07 Å². The second kappa shape index (κ2) is 5.72. The first-order chi connectivity index (χ1) is 9.10. The number of nitrogens with one attached hydrogen (secondary N) is 1. The molecule has 0 aromatic heterocycles. The number of nitrogens with zero attached hydrogens (tertiary/aromatic N) is 2. The van der Waals surface area contributed by atoms with E-state index in [9.17, 15) is 4.79 Å². The number of likely N-dealkylation sites (tertiary alicyclic amines) is 1. The van der Waals surface area contributed by atoms with E-state index in [0.29, 0.717) is 23.7 Å². The van der Waals surface area contributed by atoms with Gasteiger partial charge in [0.25, 0.3) is 0 Å². The van der Waals surface area contributed by atoms with Gasteiger partial charge in [-0.2, -0.15) is 5.26 Å². The minimum Gasteiger partial charge on any atom is -0.326 e. The molecule has 1 saturated heterocycles. The molecule has 5 heteroatoms. The molecule has 1 fully saturated rings. The Kier molecular flexibility index (Phi) is 4.03. The van der Waals surface area contributed by atoms with Crippen LogP contribution in [-0.2, 0) is 0 Å². The fraction of sp³-hybridized carbons (Fsp3) is 0.429. The van der Waals surface area contributed by atoms with Crippen LogP contribution >= 0.6 is 0 Å². The molecule has 100 valence electrons. The summed E-state index contributed by atoms with van der Waals surface area (Å²) in [6, 6.07) is 8.76. The van der Waals surface area contributed by atoms with Crippen LogP contribution in [0.25, 0.3) is 0 Å². The average molecular weight is 258 g/mol. The molecule has 0 aliphatic carbocycles. The van der Waals surface area contributed by atoms with E-state index in [-0.39, 0.29) is 12.1 Å². The molecular weight excluding hydrogens is 240 g/mol. The highest BCUT2D eigenvalue weighted by Crippen LogP contribution is 2.17. The molecule has 1 aromatic rings. The highest BCUT2D eigenvalue weighted by atomic mass is 16.2. The number of nitriles is 1. The van der Waals surface area contributed by atoms with E-state index >= 15 is 0 Å². The smallest absolute Gasteiger partial charge is 0.321 e. The number of anilines is 1. The topological polar surface area (TPSA) is 82.2 Å². The summed E-state index contributed by atoms with van der Waals surface area (Å²) in [4.78, 5) is 13.8. The Balaban J connectivity index is 1.95. The zero-order valence-electron chi connectivity index (χ0n) is 11.0. The van der Waals surface area contributed by atoms with Gasteiger partial charge in [-0.05, 0) is 36.6 Å². The molecule has 0 radical (unpaired) electrons. The Labute approximate surface area is 113 Å². The molecule has 1 heterocycles. The number of benzene rings is 1. The van der Waals surface area contributed by atoms with Gasteiger partial charge in [-0.15, -0.1) is 0 Å². The van der Waals surface area contributed by atoms with Crippen LogP contribution in [0.4, 0.5) is 10.5 Å². The number of carbonyl (C=O) groups excluding carboxylic acids is 1. The van der Waals surface area contributed by atoms with E-state index in [1.165, 1.54) is 0 Å². The quantitative estimate of drug-likeness (QED) is 0.805. The molecule has 0 spiro atoms. The Hall–Kier alpha value is -2.06. The van der Waals surface area contributed by atoms with Crippen molar-refractivity contribution < 1.29 is 4.79 Å². The van der Waals surface area contributed by atoms with E-state index in [1.54, 1.807) is 29.2 Å². The van der Waals surface area contributed by atoms with Crippen LogP contribution in [0.15, 0.2) is 24.3 Å². The third-order valence-electron chi connectivity index (χ3n) is 3.57. The van der Waals surface area contributed by atoms with Gasteiger partial charge in [-0.25, -0.2) is 4.79 Å². The molecule has 1 aromatic carbocycles. The van der Waals surface area contributed by atoms with Crippen molar-refractivity contribution in [1.29, 1.82) is 5.26 Å². The van der Waals surface area contributed by atoms with Crippen LogP contribution in [0, 0.1) is 17.2 Å². The van der Waals surface area contributed by atoms with Crippen molar-refractivity contribution in [2.75, 3.05) is 18.4 Å². The summed E-state index contributed by atoms with van der Waals surface area (Å²) < 4.78 is 0. The van der Waals surface area contributed by atoms with Crippen LogP contribution in [0.2, 0.25) is 0 Å². The molecule has 5 nitrogen and oxygen atoms in total. The number of carbonyl (C=O) groups is 1. The van der Waals surface area contributed by atoms with Gasteiger partial charge < -0.3 is 16.0 Å². The van der Waals surface area contributed by atoms with Gasteiger partial charge in [-0.1, -0.05) is 6.92 Å². The number of amides is 2. The summed E-state index contributed by atoms with van der Waals surface area (Å²) >= 11 is 0. The summed E-state index contributed by atoms with van der Waals surface area (Å²) in [5, 5.41) is 11.5. The monoisotopic (exact) mass is 258 g/mol. The zero-order valence-corrected chi connectivity index (χ0v) is 11.0. The highest BCUT2D eigenvalue weighted by molar-refractivity contribution is 5.89. The number of hydrogen-bond acceptors (Lipinski definition) is 3. The molecule has 2 unspecified atom stereocenters. The second-order valence-electron chi connectivity index (χ2n) is 5.00. The lowest BCUT2D eigenvalue weighted by atomic mass is 9.94. The molecular formula is C14H18N4O. The third-order valence-corrected chi connectivity index (χ3v) is 3.57. The van der Waals surface area contributed by atoms with Crippen LogP contribution in [-0.4, -0.2) is 30.1 Å². The summed E-state index contributed by atoms with van der Waals surface area (Å²) in [6.45, 7) is 3.43. The molecule has 19 heavy (non-hydrogen) atoms. The van der Waals surface area contributed by atoms with E-state index in [2.05, 4.69) is 12.2 Å². The Morgan fingerprint density at radius 2 is 2.16 bits per heavy atom. The average Bonchev–Trinajstić information content (AvgIpc) is 2.42. The summed E-state index contributed by atoms with van der Waals surface area (Å²) in [5.41, 5.74) is 7.25. The molecule has 2 atom stereocenters. The van der Waals surface area contributed by atoms with Gasteiger partial charge >= 0.3 is 6.03 Å². The fourth-order valence-electron chi connectivity index (χ4n) is 2.11. The maximum absolute atomic E-state index is 12.1. The lowest BCUT2D eigenvalue weighted by Crippen LogP contribution is -2.50. The van der Waals surface area contributed by atoms with Crippen molar-refractivity contribution in [2.24, 2.45) is 11.7 Å². The maximum Gasteiger partial charge on any atom is 0.321 e. The number of urea groups is 1. The standard InChI is InChI=1S/C14H18N4O/c1-10-6-7-18(9-13(10)16)14(19)17-12-4-2-11(8-15)3-5-12/h2-5,10,13H,6-7,9,16H2,1H3,(H,17,19).